The molecule has 0 radical (unpaired) electrons. The zero-order valence-corrected chi connectivity index (χ0v) is 15.8. The second-order valence-electron chi connectivity index (χ2n) is 5.83. The van der Waals surface area contributed by atoms with E-state index in [0.717, 1.165) is 16.5 Å². The maximum atomic E-state index is 12.7. The van der Waals surface area contributed by atoms with Crippen molar-refractivity contribution in [3.8, 4) is 11.5 Å². The van der Waals surface area contributed by atoms with Crippen LogP contribution in [0.5, 0.6) is 11.5 Å². The van der Waals surface area contributed by atoms with E-state index in [-0.39, 0.29) is 28.7 Å². The van der Waals surface area contributed by atoms with Gasteiger partial charge in [-0.2, -0.15) is 8.78 Å². The molecule has 2 aromatic carbocycles. The number of alkyl halides is 2. The molecule has 0 aliphatic carbocycles. The van der Waals surface area contributed by atoms with Crippen LogP contribution >= 0.6 is 11.8 Å². The Bertz CT molecular complexity index is 881. The second kappa shape index (κ2) is 8.47. The zero-order chi connectivity index (χ0) is 20.3. The number of nitrogens with one attached hydrogen (secondary N) is 1. The number of rotatable bonds is 6. The minimum atomic E-state index is -3.10. The number of benzene rings is 2. The maximum Gasteiger partial charge on any atom is 0.387 e. The summed E-state index contributed by atoms with van der Waals surface area (Å²) >= 11 is 1.40. The van der Waals surface area contributed by atoms with Crippen molar-refractivity contribution in [3.05, 3.63) is 47.5 Å². The van der Waals surface area contributed by atoms with Crippen molar-refractivity contribution < 1.29 is 32.6 Å². The normalized spacial score (nSPS) is 15.1. The van der Waals surface area contributed by atoms with E-state index < -0.39 is 17.8 Å². The van der Waals surface area contributed by atoms with Crippen molar-refractivity contribution in [1.29, 1.82) is 0 Å². The molecule has 0 fully saturated rings. The van der Waals surface area contributed by atoms with E-state index in [9.17, 15) is 18.4 Å². The minimum Gasteiger partial charge on any atom is -0.493 e. The zero-order valence-electron chi connectivity index (χ0n) is 15.0. The van der Waals surface area contributed by atoms with E-state index in [4.69, 9.17) is 9.47 Å². The van der Waals surface area contributed by atoms with Crippen molar-refractivity contribution in [2.45, 2.75) is 23.2 Å². The first-order valence-electron chi connectivity index (χ1n) is 8.23. The van der Waals surface area contributed by atoms with E-state index >= 15 is 0 Å². The first-order chi connectivity index (χ1) is 13.4. The molecule has 0 saturated carbocycles. The highest BCUT2D eigenvalue weighted by Gasteiger charge is 2.29. The molecule has 1 atom stereocenters. The third-order valence-corrected chi connectivity index (χ3v) is 5.44. The summed E-state index contributed by atoms with van der Waals surface area (Å²) in [6.45, 7) is -3.10. The minimum absolute atomic E-state index is 0.00450. The van der Waals surface area contributed by atoms with Crippen LogP contribution in [0.1, 0.15) is 15.9 Å². The Hall–Kier alpha value is -2.81. The highest BCUT2D eigenvalue weighted by atomic mass is 32.2. The summed E-state index contributed by atoms with van der Waals surface area (Å²) in [5.41, 5.74) is 1.02. The number of methoxy groups -OCH3 is 2. The number of thioether (sulfide) groups is 1. The van der Waals surface area contributed by atoms with Crippen molar-refractivity contribution in [2.24, 2.45) is 0 Å². The molecule has 1 heterocycles. The van der Waals surface area contributed by atoms with Crippen LogP contribution in [0.25, 0.3) is 0 Å². The Morgan fingerprint density at radius 1 is 1.18 bits per heavy atom. The Morgan fingerprint density at radius 2 is 1.93 bits per heavy atom. The van der Waals surface area contributed by atoms with Crippen LogP contribution < -0.4 is 14.8 Å². The number of anilines is 1. The van der Waals surface area contributed by atoms with Crippen molar-refractivity contribution in [1.82, 2.24) is 0 Å². The number of carbonyl (C=O) groups is 2. The van der Waals surface area contributed by atoms with E-state index in [1.165, 1.54) is 32.0 Å². The summed E-state index contributed by atoms with van der Waals surface area (Å²) in [4.78, 5) is 25.8. The lowest BCUT2D eigenvalue weighted by Crippen LogP contribution is -2.26. The van der Waals surface area contributed by atoms with Crippen LogP contribution in [-0.4, -0.2) is 38.0 Å². The molecule has 28 heavy (non-hydrogen) atoms. The van der Waals surface area contributed by atoms with Crippen molar-refractivity contribution in [2.75, 3.05) is 19.5 Å². The second-order valence-corrected chi connectivity index (χ2v) is 7.07. The lowest BCUT2D eigenvalue weighted by atomic mass is 10.1. The molecule has 0 unspecified atom stereocenters. The number of carbonyl (C=O) groups excluding carboxylic acids is 2. The fourth-order valence-corrected chi connectivity index (χ4v) is 4.03. The molecule has 1 N–H and O–H groups in total. The topological polar surface area (TPSA) is 73.9 Å². The summed E-state index contributed by atoms with van der Waals surface area (Å²) in [5.74, 6) is -1.50. The number of fused-ring (bicyclic) bond motifs is 1. The molecule has 0 bridgehead atoms. The Labute approximate surface area is 164 Å². The average molecular weight is 409 g/mol. The molecule has 3 rings (SSSR count). The Kier molecular flexibility index (Phi) is 6.03. The largest absolute Gasteiger partial charge is 0.493 e. The lowest BCUT2D eigenvalue weighted by Gasteiger charge is -2.17. The Morgan fingerprint density at radius 3 is 2.57 bits per heavy atom. The number of amides is 1. The van der Waals surface area contributed by atoms with Crippen LogP contribution in [0.2, 0.25) is 0 Å². The molecule has 2 aromatic rings. The van der Waals surface area contributed by atoms with Gasteiger partial charge < -0.3 is 19.5 Å². The van der Waals surface area contributed by atoms with Gasteiger partial charge in [-0.3, -0.25) is 4.79 Å². The Balaban J connectivity index is 1.89. The standard InChI is InChI=1S/C19H17F2NO5S/c1-25-13-8-11(18(24)26-2)12(9-14(13)27-19(20)21)22-17(23)16-7-10-5-3-4-6-15(10)28-16/h3-6,8-9,16,19H,7H2,1-2H3,(H,22,23)/t16-/m1/s1. The van der Waals surface area contributed by atoms with Gasteiger partial charge in [-0.25, -0.2) is 4.79 Å². The number of hydrogen-bond acceptors (Lipinski definition) is 6. The first kappa shape index (κ1) is 19.9. The van der Waals surface area contributed by atoms with Gasteiger partial charge in [0, 0.05) is 17.0 Å². The van der Waals surface area contributed by atoms with E-state index in [1.807, 2.05) is 24.3 Å². The summed E-state index contributed by atoms with van der Waals surface area (Å²) in [7, 11) is 2.42. The highest BCUT2D eigenvalue weighted by Crippen LogP contribution is 2.39. The highest BCUT2D eigenvalue weighted by molar-refractivity contribution is 8.01. The molecule has 6 nitrogen and oxygen atoms in total. The van der Waals surface area contributed by atoms with Crippen LogP contribution in [0, 0.1) is 0 Å². The number of ether oxygens (including phenoxy) is 3. The van der Waals surface area contributed by atoms with Gasteiger partial charge in [0.15, 0.2) is 11.5 Å². The van der Waals surface area contributed by atoms with E-state index in [2.05, 4.69) is 10.1 Å². The summed E-state index contributed by atoms with van der Waals surface area (Å²) in [6, 6.07) is 9.97. The van der Waals surface area contributed by atoms with Crippen molar-refractivity contribution in [3.63, 3.8) is 0 Å². The van der Waals surface area contributed by atoms with Crippen LogP contribution in [-0.2, 0) is 16.0 Å². The van der Waals surface area contributed by atoms with Crippen molar-refractivity contribution >= 4 is 29.3 Å². The van der Waals surface area contributed by atoms with Crippen LogP contribution in [0.3, 0.4) is 0 Å². The van der Waals surface area contributed by atoms with E-state index in [1.54, 1.807) is 0 Å². The SMILES string of the molecule is COC(=O)c1cc(OC)c(OC(F)F)cc1NC(=O)[C@H]1Cc2ccccc2S1. The summed E-state index contributed by atoms with van der Waals surface area (Å²) in [6.07, 6.45) is 0.525. The summed E-state index contributed by atoms with van der Waals surface area (Å²) < 4.78 is 39.5. The molecule has 1 amide bonds. The quantitative estimate of drug-likeness (QED) is 0.733. The monoisotopic (exact) mass is 409 g/mol. The fourth-order valence-electron chi connectivity index (χ4n) is 2.83. The van der Waals surface area contributed by atoms with Gasteiger partial charge in [0.1, 0.15) is 0 Å². The van der Waals surface area contributed by atoms with E-state index in [0.29, 0.717) is 6.42 Å². The lowest BCUT2D eigenvalue weighted by molar-refractivity contribution is -0.115. The molecular weight excluding hydrogens is 392 g/mol. The number of esters is 1. The molecule has 9 heteroatoms. The summed E-state index contributed by atoms with van der Waals surface area (Å²) in [5, 5.41) is 2.21. The fraction of sp³-hybridized carbons (Fsp3) is 0.263. The smallest absolute Gasteiger partial charge is 0.387 e. The molecule has 1 aliphatic rings. The maximum absolute atomic E-state index is 12.7. The molecule has 148 valence electrons. The van der Waals surface area contributed by atoms with Gasteiger partial charge in [0.2, 0.25) is 5.91 Å². The van der Waals surface area contributed by atoms with Gasteiger partial charge in [-0.1, -0.05) is 18.2 Å². The number of halogens is 2. The van der Waals surface area contributed by atoms with Gasteiger partial charge in [0.05, 0.1) is 30.7 Å². The average Bonchev–Trinajstić information content (AvgIpc) is 3.11. The number of hydrogen-bond donors (Lipinski definition) is 1. The first-order valence-corrected chi connectivity index (χ1v) is 9.11. The van der Waals surface area contributed by atoms with Crippen LogP contribution in [0.15, 0.2) is 41.3 Å². The molecule has 0 saturated heterocycles. The van der Waals surface area contributed by atoms with Gasteiger partial charge in [-0.15, -0.1) is 11.8 Å². The van der Waals surface area contributed by atoms with Crippen LogP contribution in [0.4, 0.5) is 14.5 Å². The molecule has 0 aromatic heterocycles. The third kappa shape index (κ3) is 4.19. The van der Waals surface area contributed by atoms with Gasteiger partial charge in [-0.05, 0) is 18.1 Å². The molecular formula is C19H17F2NO5S. The van der Waals surface area contributed by atoms with Gasteiger partial charge >= 0.3 is 12.6 Å². The molecule has 1 aliphatic heterocycles. The third-order valence-electron chi connectivity index (χ3n) is 4.12. The molecule has 0 spiro atoms. The predicted molar refractivity (Wildman–Crippen MR) is 99.4 cm³/mol. The predicted octanol–water partition coefficient (Wildman–Crippen LogP) is 3.74. The van der Waals surface area contributed by atoms with Gasteiger partial charge in [0.25, 0.3) is 0 Å².